The Kier molecular flexibility index (Phi) is 3.34. The van der Waals surface area contributed by atoms with Crippen molar-refractivity contribution in [1.29, 1.82) is 0 Å². The fourth-order valence-electron chi connectivity index (χ4n) is 1.99. The van der Waals surface area contributed by atoms with Gasteiger partial charge in [-0.15, -0.1) is 12.3 Å². The van der Waals surface area contributed by atoms with Crippen molar-refractivity contribution in [3.8, 4) is 18.1 Å². The number of ether oxygens (including phenoxy) is 1. The Morgan fingerprint density at radius 2 is 2.18 bits per heavy atom. The van der Waals surface area contributed by atoms with Crippen molar-refractivity contribution < 1.29 is 9.53 Å². The molecule has 0 aromatic heterocycles. The molecule has 0 saturated carbocycles. The summed E-state index contributed by atoms with van der Waals surface area (Å²) in [6, 6.07) is 7.73. The lowest BCUT2D eigenvalue weighted by Crippen LogP contribution is -2.24. The summed E-state index contributed by atoms with van der Waals surface area (Å²) in [6.45, 7) is 1.29. The van der Waals surface area contributed by atoms with Crippen molar-refractivity contribution in [2.45, 2.75) is 13.0 Å². The molecular weight excluding hydrogens is 214 g/mol. The van der Waals surface area contributed by atoms with Crippen molar-refractivity contribution in [2.24, 2.45) is 5.92 Å². The van der Waals surface area contributed by atoms with Gasteiger partial charge in [0.05, 0.1) is 7.11 Å². The number of carbonyl (C=O) groups excluding carboxylic acids is 1. The first-order valence-corrected chi connectivity index (χ1v) is 5.59. The lowest BCUT2D eigenvalue weighted by Gasteiger charge is -2.15. The van der Waals surface area contributed by atoms with Crippen molar-refractivity contribution >= 4 is 5.91 Å². The van der Waals surface area contributed by atoms with Crippen LogP contribution in [0, 0.1) is 18.3 Å². The molecule has 0 spiro atoms. The Balaban J connectivity index is 2.01. The van der Waals surface area contributed by atoms with Gasteiger partial charge in [0.25, 0.3) is 0 Å². The molecule has 2 rings (SSSR count). The summed E-state index contributed by atoms with van der Waals surface area (Å²) in [4.78, 5) is 13.5. The predicted molar refractivity (Wildman–Crippen MR) is 65.4 cm³/mol. The topological polar surface area (TPSA) is 29.5 Å². The molecular formula is C14H15NO2. The van der Waals surface area contributed by atoms with Gasteiger partial charge in [0.15, 0.2) is 0 Å². The van der Waals surface area contributed by atoms with E-state index in [1.165, 1.54) is 0 Å². The number of terminal acetylenes is 1. The Labute approximate surface area is 101 Å². The van der Waals surface area contributed by atoms with E-state index in [9.17, 15) is 4.79 Å². The molecule has 1 atom stereocenters. The van der Waals surface area contributed by atoms with Crippen molar-refractivity contribution in [3.05, 3.63) is 29.8 Å². The third kappa shape index (κ3) is 2.59. The molecule has 0 unspecified atom stereocenters. The zero-order valence-corrected chi connectivity index (χ0v) is 9.85. The van der Waals surface area contributed by atoms with Crippen LogP contribution >= 0.6 is 0 Å². The molecule has 1 fully saturated rings. The Morgan fingerprint density at radius 1 is 1.47 bits per heavy atom. The minimum absolute atomic E-state index is 0.0701. The summed E-state index contributed by atoms with van der Waals surface area (Å²) in [5.74, 6) is 3.68. The molecule has 1 heterocycles. The van der Waals surface area contributed by atoms with Crippen LogP contribution in [0.4, 0.5) is 0 Å². The van der Waals surface area contributed by atoms with Crippen LogP contribution in [-0.4, -0.2) is 24.5 Å². The van der Waals surface area contributed by atoms with Crippen LogP contribution in [0.5, 0.6) is 5.75 Å². The average molecular weight is 229 g/mol. The molecule has 1 aliphatic rings. The van der Waals surface area contributed by atoms with E-state index in [2.05, 4.69) is 5.92 Å². The third-order valence-electron chi connectivity index (χ3n) is 2.98. The zero-order valence-electron chi connectivity index (χ0n) is 9.85. The third-order valence-corrected chi connectivity index (χ3v) is 2.98. The smallest absolute Gasteiger partial charge is 0.224 e. The van der Waals surface area contributed by atoms with Gasteiger partial charge < -0.3 is 9.64 Å². The number of rotatable bonds is 3. The summed E-state index contributed by atoms with van der Waals surface area (Å²) < 4.78 is 5.09. The fraction of sp³-hybridized carbons (Fsp3) is 0.357. The van der Waals surface area contributed by atoms with E-state index in [4.69, 9.17) is 11.2 Å². The van der Waals surface area contributed by atoms with Gasteiger partial charge in [-0.1, -0.05) is 12.1 Å². The zero-order chi connectivity index (χ0) is 12.3. The van der Waals surface area contributed by atoms with Crippen molar-refractivity contribution in [3.63, 3.8) is 0 Å². The monoisotopic (exact) mass is 229 g/mol. The second kappa shape index (κ2) is 4.92. The largest absolute Gasteiger partial charge is 0.497 e. The SMILES string of the molecule is C#C[C@H]1CC(=O)N(Cc2ccc(OC)cc2)C1. The van der Waals surface area contributed by atoms with E-state index < -0.39 is 0 Å². The number of methoxy groups -OCH3 is 1. The van der Waals surface area contributed by atoms with Crippen LogP contribution in [0.1, 0.15) is 12.0 Å². The van der Waals surface area contributed by atoms with Crippen LogP contribution in [0.25, 0.3) is 0 Å². The molecule has 1 saturated heterocycles. The number of likely N-dealkylation sites (tertiary alicyclic amines) is 1. The van der Waals surface area contributed by atoms with Crippen LogP contribution in [0.3, 0.4) is 0 Å². The number of nitrogens with zero attached hydrogens (tertiary/aromatic N) is 1. The summed E-state index contributed by atoms with van der Waals surface area (Å²) in [5.41, 5.74) is 1.09. The molecule has 1 aromatic carbocycles. The summed E-state index contributed by atoms with van der Waals surface area (Å²) in [5, 5.41) is 0. The highest BCUT2D eigenvalue weighted by atomic mass is 16.5. The minimum atomic E-state index is 0.0701. The standard InChI is InChI=1S/C14H15NO2/c1-3-11-8-14(16)15(9-11)10-12-4-6-13(17-2)7-5-12/h1,4-7,11H,8-10H2,2H3/t11-/m0/s1. The maximum atomic E-state index is 11.7. The molecule has 17 heavy (non-hydrogen) atoms. The normalized spacial score (nSPS) is 19.2. The molecule has 1 amide bonds. The van der Waals surface area contributed by atoms with E-state index in [1.807, 2.05) is 29.2 Å². The maximum absolute atomic E-state index is 11.7. The van der Waals surface area contributed by atoms with E-state index in [1.54, 1.807) is 7.11 Å². The first kappa shape index (κ1) is 11.5. The van der Waals surface area contributed by atoms with Crippen LogP contribution in [0.15, 0.2) is 24.3 Å². The van der Waals surface area contributed by atoms with Gasteiger partial charge in [0.1, 0.15) is 5.75 Å². The summed E-state index contributed by atoms with van der Waals surface area (Å²) in [6.07, 6.45) is 5.82. The van der Waals surface area contributed by atoms with Crippen LogP contribution in [0.2, 0.25) is 0 Å². The fourth-order valence-corrected chi connectivity index (χ4v) is 1.99. The maximum Gasteiger partial charge on any atom is 0.224 e. The van der Waals surface area contributed by atoms with E-state index in [0.29, 0.717) is 19.5 Å². The molecule has 0 bridgehead atoms. The first-order valence-electron chi connectivity index (χ1n) is 5.59. The van der Waals surface area contributed by atoms with Crippen molar-refractivity contribution in [2.75, 3.05) is 13.7 Å². The number of hydrogen-bond donors (Lipinski definition) is 0. The Morgan fingerprint density at radius 3 is 2.71 bits per heavy atom. The van der Waals surface area contributed by atoms with Gasteiger partial charge in [0.2, 0.25) is 5.91 Å². The Hall–Kier alpha value is -1.95. The van der Waals surface area contributed by atoms with Crippen LogP contribution < -0.4 is 4.74 Å². The van der Waals surface area contributed by atoms with Gasteiger partial charge in [-0.2, -0.15) is 0 Å². The second-order valence-electron chi connectivity index (χ2n) is 4.19. The van der Waals surface area contributed by atoms with Gasteiger partial charge in [-0.3, -0.25) is 4.79 Å². The lowest BCUT2D eigenvalue weighted by molar-refractivity contribution is -0.128. The van der Waals surface area contributed by atoms with Gasteiger partial charge in [-0.05, 0) is 17.7 Å². The second-order valence-corrected chi connectivity index (χ2v) is 4.19. The van der Waals surface area contributed by atoms with E-state index >= 15 is 0 Å². The van der Waals surface area contributed by atoms with Crippen molar-refractivity contribution in [1.82, 2.24) is 4.90 Å². The predicted octanol–water partition coefficient (Wildman–Crippen LogP) is 1.68. The highest BCUT2D eigenvalue weighted by molar-refractivity contribution is 5.79. The number of amides is 1. The summed E-state index contributed by atoms with van der Waals surface area (Å²) >= 11 is 0. The number of hydrogen-bond acceptors (Lipinski definition) is 2. The van der Waals surface area contributed by atoms with Crippen LogP contribution in [-0.2, 0) is 11.3 Å². The van der Waals surface area contributed by atoms with Gasteiger partial charge >= 0.3 is 0 Å². The van der Waals surface area contributed by atoms with Gasteiger partial charge in [-0.25, -0.2) is 0 Å². The molecule has 0 radical (unpaired) electrons. The molecule has 1 aliphatic heterocycles. The first-order chi connectivity index (χ1) is 8.22. The molecule has 3 heteroatoms. The molecule has 1 aromatic rings. The van der Waals surface area contributed by atoms with Gasteiger partial charge in [0, 0.05) is 25.4 Å². The number of carbonyl (C=O) groups is 1. The minimum Gasteiger partial charge on any atom is -0.497 e. The molecule has 3 nitrogen and oxygen atoms in total. The summed E-state index contributed by atoms with van der Waals surface area (Å²) in [7, 11) is 1.64. The number of benzene rings is 1. The highest BCUT2D eigenvalue weighted by Crippen LogP contribution is 2.20. The molecule has 0 aliphatic carbocycles. The molecule has 0 N–H and O–H groups in total. The highest BCUT2D eigenvalue weighted by Gasteiger charge is 2.27. The quantitative estimate of drug-likeness (QED) is 0.738. The molecule has 88 valence electrons. The van der Waals surface area contributed by atoms with E-state index in [0.717, 1.165) is 11.3 Å². The van der Waals surface area contributed by atoms with E-state index in [-0.39, 0.29) is 11.8 Å². The Bertz CT molecular complexity index is 444. The average Bonchev–Trinajstić information content (AvgIpc) is 2.71. The lowest BCUT2D eigenvalue weighted by atomic mass is 10.1.